The Bertz CT molecular complexity index is 1770. The molecule has 1 aromatic carbocycles. The van der Waals surface area contributed by atoms with Crippen LogP contribution in [0.5, 0.6) is 11.5 Å². The van der Waals surface area contributed by atoms with Crippen molar-refractivity contribution in [3.8, 4) is 17.2 Å². The van der Waals surface area contributed by atoms with Crippen LogP contribution in [0.4, 0.5) is 16.0 Å². The van der Waals surface area contributed by atoms with Gasteiger partial charge in [-0.1, -0.05) is 0 Å². The van der Waals surface area contributed by atoms with Crippen molar-refractivity contribution in [2.75, 3.05) is 43.4 Å². The molecule has 0 bridgehead atoms. The maximum Gasteiger partial charge on any atom is 0.267 e. The third-order valence-corrected chi connectivity index (χ3v) is 6.90. The second-order valence-corrected chi connectivity index (χ2v) is 9.67. The molecule has 0 spiro atoms. The van der Waals surface area contributed by atoms with Gasteiger partial charge in [0.05, 0.1) is 17.9 Å². The number of likely N-dealkylation sites (N-methyl/N-ethyl adjacent to an activating group) is 1. The van der Waals surface area contributed by atoms with Gasteiger partial charge in [0.1, 0.15) is 34.5 Å². The fraction of sp³-hybridized carbons (Fsp3) is 0.167. The van der Waals surface area contributed by atoms with Crippen LogP contribution in [0, 0.1) is 5.82 Å². The standard InChI is InChI=1S/C30H26FN7O3/c1-36-13-15-37(16-14-36)28-17-24-25(19-34-28)32-11-10-26(24)41-22-8-9-27(33-18-22)35-29(39)23-3-2-12-38(30(23)40)21-6-4-20(31)5-7-21/h2-12,17-19H,13-16H2,1H3,(H,33,35,39). The van der Waals surface area contributed by atoms with Crippen molar-refractivity contribution >= 4 is 28.4 Å². The van der Waals surface area contributed by atoms with Gasteiger partial charge in [0, 0.05) is 49.6 Å². The molecule has 4 aromatic heterocycles. The number of rotatable bonds is 6. The Kier molecular flexibility index (Phi) is 7.09. The zero-order valence-electron chi connectivity index (χ0n) is 22.2. The van der Waals surface area contributed by atoms with Crippen molar-refractivity contribution in [1.82, 2.24) is 24.4 Å². The van der Waals surface area contributed by atoms with E-state index in [2.05, 4.69) is 37.1 Å². The van der Waals surface area contributed by atoms with E-state index >= 15 is 0 Å². The zero-order valence-corrected chi connectivity index (χ0v) is 22.2. The van der Waals surface area contributed by atoms with Crippen LogP contribution in [0.25, 0.3) is 16.6 Å². The van der Waals surface area contributed by atoms with Crippen molar-refractivity contribution in [3.05, 3.63) is 107 Å². The Morgan fingerprint density at radius 1 is 0.951 bits per heavy atom. The predicted molar refractivity (Wildman–Crippen MR) is 154 cm³/mol. The number of fused-ring (bicyclic) bond motifs is 1. The lowest BCUT2D eigenvalue weighted by Crippen LogP contribution is -2.44. The average molecular weight is 552 g/mol. The van der Waals surface area contributed by atoms with E-state index in [0.717, 1.165) is 37.4 Å². The number of benzene rings is 1. The molecule has 11 heteroatoms. The van der Waals surface area contributed by atoms with Crippen molar-refractivity contribution < 1.29 is 13.9 Å². The number of nitrogens with one attached hydrogen (secondary N) is 1. The van der Waals surface area contributed by atoms with Gasteiger partial charge in [-0.3, -0.25) is 19.1 Å². The summed E-state index contributed by atoms with van der Waals surface area (Å²) in [4.78, 5) is 43.7. The molecule has 6 rings (SSSR count). The number of pyridine rings is 4. The van der Waals surface area contributed by atoms with Crippen LogP contribution in [-0.2, 0) is 0 Å². The smallest absolute Gasteiger partial charge is 0.267 e. The van der Waals surface area contributed by atoms with Gasteiger partial charge in [-0.2, -0.15) is 0 Å². The van der Waals surface area contributed by atoms with Gasteiger partial charge >= 0.3 is 0 Å². The molecule has 5 aromatic rings. The molecular weight excluding hydrogens is 525 g/mol. The monoisotopic (exact) mass is 551 g/mol. The number of ether oxygens (including phenoxy) is 1. The summed E-state index contributed by atoms with van der Waals surface area (Å²) in [5, 5.41) is 3.48. The molecule has 0 atom stereocenters. The zero-order chi connectivity index (χ0) is 28.3. The lowest BCUT2D eigenvalue weighted by atomic mass is 10.2. The summed E-state index contributed by atoms with van der Waals surface area (Å²) in [6, 6.07) is 15.5. The lowest BCUT2D eigenvalue weighted by molar-refractivity contribution is 0.102. The fourth-order valence-electron chi connectivity index (χ4n) is 4.61. The summed E-state index contributed by atoms with van der Waals surface area (Å²) in [6.45, 7) is 3.73. The normalized spacial score (nSPS) is 13.8. The van der Waals surface area contributed by atoms with Crippen molar-refractivity contribution in [2.24, 2.45) is 0 Å². The molecule has 5 heterocycles. The van der Waals surface area contributed by atoms with Gasteiger partial charge in [0.2, 0.25) is 0 Å². The van der Waals surface area contributed by atoms with E-state index in [1.165, 1.54) is 47.3 Å². The first-order chi connectivity index (χ1) is 19.9. The second-order valence-electron chi connectivity index (χ2n) is 9.67. The van der Waals surface area contributed by atoms with Crippen LogP contribution in [-0.4, -0.2) is 63.6 Å². The van der Waals surface area contributed by atoms with E-state index in [4.69, 9.17) is 4.74 Å². The van der Waals surface area contributed by atoms with Gasteiger partial charge in [0.25, 0.3) is 11.5 Å². The second kappa shape index (κ2) is 11.1. The van der Waals surface area contributed by atoms with E-state index in [0.29, 0.717) is 22.7 Å². The van der Waals surface area contributed by atoms with E-state index in [9.17, 15) is 14.0 Å². The largest absolute Gasteiger partial charge is 0.455 e. The van der Waals surface area contributed by atoms with Crippen molar-refractivity contribution in [2.45, 2.75) is 0 Å². The molecule has 0 radical (unpaired) electrons. The first-order valence-corrected chi connectivity index (χ1v) is 13.1. The number of aromatic nitrogens is 4. The average Bonchev–Trinajstić information content (AvgIpc) is 2.99. The quantitative estimate of drug-likeness (QED) is 0.336. The Morgan fingerprint density at radius 3 is 2.51 bits per heavy atom. The van der Waals surface area contributed by atoms with Gasteiger partial charge < -0.3 is 19.9 Å². The Hall–Kier alpha value is -5.16. The highest BCUT2D eigenvalue weighted by Crippen LogP contribution is 2.31. The molecule has 206 valence electrons. The van der Waals surface area contributed by atoms with Gasteiger partial charge in [-0.05, 0) is 67.7 Å². The first-order valence-electron chi connectivity index (χ1n) is 13.1. The van der Waals surface area contributed by atoms with E-state index in [1.54, 1.807) is 36.7 Å². The summed E-state index contributed by atoms with van der Waals surface area (Å²) in [5.41, 5.74) is 0.547. The summed E-state index contributed by atoms with van der Waals surface area (Å²) in [6.07, 6.45) is 6.42. The van der Waals surface area contributed by atoms with Gasteiger partial charge in [0.15, 0.2) is 0 Å². The maximum absolute atomic E-state index is 13.3. The number of hydrogen-bond acceptors (Lipinski definition) is 8. The first kappa shape index (κ1) is 26.1. The molecule has 1 saturated heterocycles. The molecule has 1 amide bonds. The molecule has 41 heavy (non-hydrogen) atoms. The van der Waals surface area contributed by atoms with Gasteiger partial charge in [-0.15, -0.1) is 0 Å². The van der Waals surface area contributed by atoms with Crippen LogP contribution in [0.1, 0.15) is 10.4 Å². The molecule has 0 aliphatic carbocycles. The summed E-state index contributed by atoms with van der Waals surface area (Å²) in [7, 11) is 2.11. The number of piperazine rings is 1. The molecule has 0 saturated carbocycles. The molecule has 1 aliphatic rings. The van der Waals surface area contributed by atoms with E-state index in [-0.39, 0.29) is 11.4 Å². The van der Waals surface area contributed by atoms with Crippen LogP contribution in [0.2, 0.25) is 0 Å². The number of hydrogen-bond donors (Lipinski definition) is 1. The minimum atomic E-state index is -0.614. The van der Waals surface area contributed by atoms with Crippen LogP contribution >= 0.6 is 0 Å². The highest BCUT2D eigenvalue weighted by molar-refractivity contribution is 6.03. The van der Waals surface area contributed by atoms with Crippen molar-refractivity contribution in [3.63, 3.8) is 0 Å². The summed E-state index contributed by atoms with van der Waals surface area (Å²) < 4.78 is 20.7. The molecule has 1 fully saturated rings. The molecular formula is C30H26FN7O3. The molecule has 1 aliphatic heterocycles. The van der Waals surface area contributed by atoms with E-state index in [1.807, 2.05) is 6.07 Å². The van der Waals surface area contributed by atoms with E-state index < -0.39 is 17.3 Å². The summed E-state index contributed by atoms with van der Waals surface area (Å²) >= 11 is 0. The predicted octanol–water partition coefficient (Wildman–Crippen LogP) is 4.11. The topological polar surface area (TPSA) is 105 Å². The molecule has 10 nitrogen and oxygen atoms in total. The lowest BCUT2D eigenvalue weighted by Gasteiger charge is -2.33. The highest BCUT2D eigenvalue weighted by atomic mass is 19.1. The Labute approximate surface area is 234 Å². The van der Waals surface area contributed by atoms with Crippen LogP contribution in [0.3, 0.4) is 0 Å². The Morgan fingerprint density at radius 2 is 1.76 bits per heavy atom. The number of halogens is 1. The number of carbonyl (C=O) groups excluding carboxylic acids is 1. The Balaban J connectivity index is 1.18. The molecule has 1 N–H and O–H groups in total. The maximum atomic E-state index is 13.3. The minimum Gasteiger partial charge on any atom is -0.455 e. The number of anilines is 2. The van der Waals surface area contributed by atoms with Gasteiger partial charge in [-0.25, -0.2) is 14.4 Å². The number of nitrogens with zero attached hydrogens (tertiary/aromatic N) is 6. The van der Waals surface area contributed by atoms with Crippen molar-refractivity contribution in [1.29, 1.82) is 0 Å². The summed E-state index contributed by atoms with van der Waals surface area (Å²) in [5.74, 6) is 1.17. The third-order valence-electron chi connectivity index (χ3n) is 6.90. The van der Waals surface area contributed by atoms with Crippen LogP contribution < -0.4 is 20.5 Å². The number of amides is 1. The SMILES string of the molecule is CN1CCN(c2cc3c(Oc4ccc(NC(=O)c5cccn(-c6ccc(F)cc6)c5=O)nc4)ccnc3cn2)CC1. The minimum absolute atomic E-state index is 0.0769. The highest BCUT2D eigenvalue weighted by Gasteiger charge is 2.17. The fourth-order valence-corrected chi connectivity index (χ4v) is 4.61. The molecule has 0 unspecified atom stereocenters. The van der Waals surface area contributed by atoms with Crippen LogP contribution in [0.15, 0.2) is 90.2 Å². The number of carbonyl (C=O) groups is 1. The third kappa shape index (κ3) is 5.61.